The lowest BCUT2D eigenvalue weighted by molar-refractivity contribution is -0.141. The van der Waals surface area contributed by atoms with Gasteiger partial charge in [-0.3, -0.25) is 9.59 Å². The number of carbonyl (C=O) groups is 2. The highest BCUT2D eigenvalue weighted by Gasteiger charge is 2.15. The van der Waals surface area contributed by atoms with E-state index in [1.807, 2.05) is 16.8 Å². The Hall–Kier alpha value is -2.22. The number of amides is 1. The molecule has 0 radical (unpaired) electrons. The van der Waals surface area contributed by atoms with Crippen molar-refractivity contribution in [2.75, 3.05) is 0 Å². The van der Waals surface area contributed by atoms with Crippen LogP contribution in [0.2, 0.25) is 0 Å². The van der Waals surface area contributed by atoms with E-state index in [2.05, 4.69) is 15.5 Å². The molecule has 106 valence electrons. The first-order valence-corrected chi connectivity index (χ1v) is 6.88. The zero-order chi connectivity index (χ0) is 14.5. The maximum absolute atomic E-state index is 11.5. The quantitative estimate of drug-likeness (QED) is 0.832. The molecule has 2 N–H and O–H groups in total. The normalized spacial score (nSPS) is 12.1. The van der Waals surface area contributed by atoms with Crippen molar-refractivity contribution in [3.8, 4) is 11.4 Å². The van der Waals surface area contributed by atoms with Gasteiger partial charge in [0.25, 0.3) is 0 Å². The number of nitrogens with one attached hydrogen (secondary N) is 1. The molecule has 0 saturated heterocycles. The number of carboxylic acids is 1. The molecule has 2 rings (SSSR count). The van der Waals surface area contributed by atoms with Gasteiger partial charge in [0, 0.05) is 23.8 Å². The van der Waals surface area contributed by atoms with E-state index in [1.165, 1.54) is 18.3 Å². The molecule has 2 aromatic rings. The summed E-state index contributed by atoms with van der Waals surface area (Å²) >= 11 is 1.53. The monoisotopic (exact) mass is 295 g/mol. The van der Waals surface area contributed by atoms with Gasteiger partial charge in [-0.05, 0) is 18.4 Å². The number of thiophene rings is 1. The van der Waals surface area contributed by atoms with Crippen LogP contribution in [0.15, 0.2) is 21.3 Å². The van der Waals surface area contributed by atoms with Crippen LogP contribution in [-0.2, 0) is 16.0 Å². The predicted octanol–water partition coefficient (Wildman–Crippen LogP) is 1.32. The molecule has 1 amide bonds. The van der Waals surface area contributed by atoms with Crippen LogP contribution in [0, 0.1) is 0 Å². The van der Waals surface area contributed by atoms with Crippen LogP contribution in [0.4, 0.5) is 0 Å². The van der Waals surface area contributed by atoms with E-state index in [4.69, 9.17) is 9.63 Å². The van der Waals surface area contributed by atoms with Gasteiger partial charge in [0.15, 0.2) is 0 Å². The van der Waals surface area contributed by atoms with Crippen molar-refractivity contribution in [3.05, 3.63) is 22.7 Å². The van der Waals surface area contributed by atoms with E-state index < -0.39 is 12.0 Å². The second kappa shape index (κ2) is 6.29. The number of nitrogens with zero attached hydrogens (tertiary/aromatic N) is 2. The van der Waals surface area contributed by atoms with Gasteiger partial charge in [-0.1, -0.05) is 5.16 Å². The van der Waals surface area contributed by atoms with Crippen LogP contribution in [0.3, 0.4) is 0 Å². The van der Waals surface area contributed by atoms with Gasteiger partial charge in [0.05, 0.1) is 0 Å². The topological polar surface area (TPSA) is 105 Å². The Balaban J connectivity index is 1.86. The fourth-order valence-electron chi connectivity index (χ4n) is 1.46. The molecule has 7 nitrogen and oxygen atoms in total. The Morgan fingerprint density at radius 2 is 2.35 bits per heavy atom. The predicted molar refractivity (Wildman–Crippen MR) is 71.2 cm³/mol. The van der Waals surface area contributed by atoms with E-state index in [9.17, 15) is 9.59 Å². The van der Waals surface area contributed by atoms with Crippen LogP contribution < -0.4 is 5.32 Å². The summed E-state index contributed by atoms with van der Waals surface area (Å²) in [6.45, 7) is 1.40. The standard InChI is InChI=1S/C12H13N3O4S/c1-7(12(17)18)13-9(16)2-3-10-14-11(15-19-10)8-4-5-20-6-8/h4-7H,2-3H2,1H3,(H,13,16)(H,17,18). The van der Waals surface area contributed by atoms with Crippen molar-refractivity contribution >= 4 is 23.2 Å². The molecule has 20 heavy (non-hydrogen) atoms. The van der Waals surface area contributed by atoms with Gasteiger partial charge in [0.2, 0.25) is 17.6 Å². The number of carboxylic acid groups (broad SMARTS) is 1. The Bertz CT molecular complexity index is 594. The molecular weight excluding hydrogens is 282 g/mol. The van der Waals surface area contributed by atoms with Crippen LogP contribution in [-0.4, -0.2) is 33.2 Å². The summed E-state index contributed by atoms with van der Waals surface area (Å²) in [7, 11) is 0. The number of hydrogen-bond acceptors (Lipinski definition) is 6. The summed E-state index contributed by atoms with van der Waals surface area (Å²) in [6, 6.07) is 0.965. The minimum Gasteiger partial charge on any atom is -0.480 e. The zero-order valence-corrected chi connectivity index (χ0v) is 11.5. The number of carbonyl (C=O) groups excluding carboxylic acids is 1. The zero-order valence-electron chi connectivity index (χ0n) is 10.7. The maximum Gasteiger partial charge on any atom is 0.325 e. The maximum atomic E-state index is 11.5. The van der Waals surface area contributed by atoms with Crippen molar-refractivity contribution in [1.82, 2.24) is 15.5 Å². The van der Waals surface area contributed by atoms with Crippen molar-refractivity contribution < 1.29 is 19.2 Å². The van der Waals surface area contributed by atoms with Crippen LogP contribution in [0.1, 0.15) is 19.2 Å². The summed E-state index contributed by atoms with van der Waals surface area (Å²) < 4.78 is 5.04. The van der Waals surface area contributed by atoms with Gasteiger partial charge in [-0.15, -0.1) is 0 Å². The number of aryl methyl sites for hydroxylation is 1. The third-order valence-electron chi connectivity index (χ3n) is 2.56. The molecule has 0 aliphatic carbocycles. The highest BCUT2D eigenvalue weighted by Crippen LogP contribution is 2.18. The average Bonchev–Trinajstić information content (AvgIpc) is 3.07. The minimum absolute atomic E-state index is 0.100. The van der Waals surface area contributed by atoms with Crippen molar-refractivity contribution in [1.29, 1.82) is 0 Å². The summed E-state index contributed by atoms with van der Waals surface area (Å²) in [6.07, 6.45) is 0.373. The summed E-state index contributed by atoms with van der Waals surface area (Å²) in [5.74, 6) is -0.601. The summed E-state index contributed by atoms with van der Waals surface area (Å²) in [5.41, 5.74) is 0.869. The average molecular weight is 295 g/mol. The van der Waals surface area contributed by atoms with E-state index >= 15 is 0 Å². The van der Waals surface area contributed by atoms with Crippen molar-refractivity contribution in [2.24, 2.45) is 0 Å². The number of aromatic nitrogens is 2. The molecule has 0 aromatic carbocycles. The summed E-state index contributed by atoms with van der Waals surface area (Å²) in [5, 5.41) is 18.7. The molecule has 0 aliphatic rings. The molecule has 8 heteroatoms. The highest BCUT2D eigenvalue weighted by molar-refractivity contribution is 7.08. The lowest BCUT2D eigenvalue weighted by Gasteiger charge is -2.07. The van der Waals surface area contributed by atoms with Gasteiger partial charge in [-0.2, -0.15) is 16.3 Å². The Labute approximate surface area is 118 Å². The molecule has 2 heterocycles. The Morgan fingerprint density at radius 3 is 3.00 bits per heavy atom. The van der Waals surface area contributed by atoms with E-state index in [0.29, 0.717) is 11.7 Å². The lowest BCUT2D eigenvalue weighted by atomic mass is 10.2. The first-order valence-electron chi connectivity index (χ1n) is 5.93. The van der Waals surface area contributed by atoms with Crippen LogP contribution in [0.5, 0.6) is 0 Å². The molecule has 0 spiro atoms. The highest BCUT2D eigenvalue weighted by atomic mass is 32.1. The fourth-order valence-corrected chi connectivity index (χ4v) is 2.10. The molecule has 0 saturated carbocycles. The van der Waals surface area contributed by atoms with Gasteiger partial charge in [-0.25, -0.2) is 0 Å². The molecule has 0 bridgehead atoms. The summed E-state index contributed by atoms with van der Waals surface area (Å²) in [4.78, 5) is 26.3. The van der Waals surface area contributed by atoms with Gasteiger partial charge >= 0.3 is 5.97 Å². The fraction of sp³-hybridized carbons (Fsp3) is 0.333. The van der Waals surface area contributed by atoms with Crippen molar-refractivity contribution in [3.63, 3.8) is 0 Å². The molecule has 1 atom stereocenters. The second-order valence-corrected chi connectivity index (χ2v) is 4.93. The second-order valence-electron chi connectivity index (χ2n) is 4.15. The van der Waals surface area contributed by atoms with E-state index in [0.717, 1.165) is 5.56 Å². The SMILES string of the molecule is CC(NC(=O)CCc1nc(-c2ccsc2)no1)C(=O)O. The first-order chi connectivity index (χ1) is 9.56. The number of hydrogen-bond donors (Lipinski definition) is 2. The number of rotatable bonds is 6. The smallest absolute Gasteiger partial charge is 0.325 e. The third kappa shape index (κ3) is 3.64. The van der Waals surface area contributed by atoms with Crippen LogP contribution in [0.25, 0.3) is 11.4 Å². The molecule has 0 aliphatic heterocycles. The largest absolute Gasteiger partial charge is 0.480 e. The van der Waals surface area contributed by atoms with Gasteiger partial charge < -0.3 is 14.9 Å². The van der Waals surface area contributed by atoms with E-state index in [1.54, 1.807) is 0 Å². The molecule has 1 unspecified atom stereocenters. The Kier molecular flexibility index (Phi) is 4.46. The van der Waals surface area contributed by atoms with Gasteiger partial charge in [0.1, 0.15) is 6.04 Å². The van der Waals surface area contributed by atoms with Crippen molar-refractivity contribution in [2.45, 2.75) is 25.8 Å². The lowest BCUT2D eigenvalue weighted by Crippen LogP contribution is -2.38. The molecule has 2 aromatic heterocycles. The molecule has 0 fully saturated rings. The van der Waals surface area contributed by atoms with E-state index in [-0.39, 0.29) is 18.7 Å². The first kappa shape index (κ1) is 14.2. The van der Waals surface area contributed by atoms with Crippen LogP contribution >= 0.6 is 11.3 Å². The number of aliphatic carboxylic acids is 1. The molecular formula is C12H13N3O4S. The third-order valence-corrected chi connectivity index (χ3v) is 3.24. The minimum atomic E-state index is -1.07. The Morgan fingerprint density at radius 1 is 1.55 bits per heavy atom.